The van der Waals surface area contributed by atoms with Crippen LogP contribution in [0.3, 0.4) is 0 Å². The van der Waals surface area contributed by atoms with Gasteiger partial charge in [-0.2, -0.15) is 0 Å². The summed E-state index contributed by atoms with van der Waals surface area (Å²) in [5.41, 5.74) is 0.497. The Balaban J connectivity index is 1.49. The highest BCUT2D eigenvalue weighted by Crippen LogP contribution is 2.23. The van der Waals surface area contributed by atoms with Crippen LogP contribution in [0.25, 0.3) is 0 Å². The van der Waals surface area contributed by atoms with Crippen LogP contribution in [0.2, 0.25) is 0 Å². The second kappa shape index (κ2) is 7.76. The van der Waals surface area contributed by atoms with Gasteiger partial charge in [0.05, 0.1) is 12.6 Å². The molecule has 3 rings (SSSR count). The van der Waals surface area contributed by atoms with Gasteiger partial charge in [0, 0.05) is 18.7 Å². The molecule has 24 heavy (non-hydrogen) atoms. The first kappa shape index (κ1) is 16.9. The van der Waals surface area contributed by atoms with E-state index in [4.69, 9.17) is 4.74 Å². The quantitative estimate of drug-likeness (QED) is 0.849. The van der Waals surface area contributed by atoms with Crippen LogP contribution in [-0.2, 0) is 14.3 Å². The predicted octanol–water partition coefficient (Wildman–Crippen LogP) is 1.92. The third-order valence-corrected chi connectivity index (χ3v) is 4.86. The van der Waals surface area contributed by atoms with Crippen molar-refractivity contribution in [1.29, 1.82) is 0 Å². The monoisotopic (exact) mass is 351 g/mol. The molecule has 2 heterocycles. The van der Waals surface area contributed by atoms with E-state index in [-0.39, 0.29) is 30.2 Å². The van der Waals surface area contributed by atoms with Crippen LogP contribution in [0.15, 0.2) is 29.3 Å². The molecule has 128 valence electrons. The predicted molar refractivity (Wildman–Crippen MR) is 90.4 cm³/mol. The van der Waals surface area contributed by atoms with Crippen LogP contribution in [0.4, 0.5) is 10.1 Å². The van der Waals surface area contributed by atoms with Gasteiger partial charge in [0.15, 0.2) is 5.17 Å². The maximum Gasteiger partial charge on any atom is 0.240 e. The number of nitrogens with zero attached hydrogens (tertiary/aromatic N) is 1. The fourth-order valence-corrected chi connectivity index (χ4v) is 3.48. The Morgan fingerprint density at radius 3 is 2.92 bits per heavy atom. The van der Waals surface area contributed by atoms with E-state index >= 15 is 0 Å². The van der Waals surface area contributed by atoms with Crippen LogP contribution in [-0.4, -0.2) is 41.5 Å². The molecule has 2 aliphatic heterocycles. The van der Waals surface area contributed by atoms with Crippen LogP contribution in [0.1, 0.15) is 19.3 Å². The number of nitrogens with one attached hydrogen (secondary N) is 2. The number of carbonyl (C=O) groups excluding carboxylic acids is 2. The van der Waals surface area contributed by atoms with Crippen molar-refractivity contribution in [2.45, 2.75) is 30.6 Å². The highest BCUT2D eigenvalue weighted by molar-refractivity contribution is 8.15. The molecule has 0 radical (unpaired) electrons. The molecule has 0 unspecified atom stereocenters. The number of hydrogen-bond donors (Lipinski definition) is 2. The lowest BCUT2D eigenvalue weighted by Gasteiger charge is -2.07. The molecule has 0 spiro atoms. The summed E-state index contributed by atoms with van der Waals surface area (Å²) in [5.74, 6) is -0.888. The molecule has 6 nitrogen and oxygen atoms in total. The molecule has 1 aromatic rings. The molecule has 2 fully saturated rings. The third-order valence-electron chi connectivity index (χ3n) is 3.74. The van der Waals surface area contributed by atoms with E-state index in [1.165, 1.54) is 36.0 Å². The zero-order chi connectivity index (χ0) is 16.9. The first-order valence-corrected chi connectivity index (χ1v) is 8.67. The lowest BCUT2D eigenvalue weighted by Crippen LogP contribution is -2.28. The van der Waals surface area contributed by atoms with Crippen molar-refractivity contribution < 1.29 is 18.7 Å². The molecule has 0 saturated carbocycles. The molecule has 0 aromatic heterocycles. The van der Waals surface area contributed by atoms with Crippen molar-refractivity contribution in [3.05, 3.63) is 30.1 Å². The van der Waals surface area contributed by atoms with Gasteiger partial charge in [0.25, 0.3) is 0 Å². The Labute approximate surface area is 143 Å². The average Bonchev–Trinajstić information content (AvgIpc) is 3.18. The summed E-state index contributed by atoms with van der Waals surface area (Å²) in [4.78, 5) is 28.3. The smallest absolute Gasteiger partial charge is 0.240 e. The molecule has 2 N–H and O–H groups in total. The van der Waals surface area contributed by atoms with E-state index in [0.717, 1.165) is 19.4 Å². The van der Waals surface area contributed by atoms with Crippen molar-refractivity contribution in [2.75, 3.05) is 18.5 Å². The Morgan fingerprint density at radius 2 is 2.21 bits per heavy atom. The van der Waals surface area contributed by atoms with Crippen molar-refractivity contribution in [3.8, 4) is 0 Å². The summed E-state index contributed by atoms with van der Waals surface area (Å²) in [6, 6.07) is 5.48. The van der Waals surface area contributed by atoms with E-state index < -0.39 is 5.25 Å². The van der Waals surface area contributed by atoms with E-state index in [9.17, 15) is 14.0 Å². The summed E-state index contributed by atoms with van der Waals surface area (Å²) in [6.45, 7) is 1.29. The maximum atomic E-state index is 12.8. The lowest BCUT2D eigenvalue weighted by molar-refractivity contribution is -0.122. The van der Waals surface area contributed by atoms with Crippen LogP contribution in [0, 0.1) is 5.82 Å². The first-order chi connectivity index (χ1) is 11.6. The van der Waals surface area contributed by atoms with E-state index in [2.05, 4.69) is 15.6 Å². The number of anilines is 1. The number of halogens is 1. The molecular formula is C16H18FN3O3S. The number of amidine groups is 1. The highest BCUT2D eigenvalue weighted by atomic mass is 32.2. The van der Waals surface area contributed by atoms with E-state index in [0.29, 0.717) is 17.4 Å². The van der Waals surface area contributed by atoms with Crippen LogP contribution in [0.5, 0.6) is 0 Å². The SMILES string of the molecule is O=C(C[C@@H]1SC(=NC[C@H]2CCCO2)NC1=O)Nc1ccc(F)cc1. The lowest BCUT2D eigenvalue weighted by atomic mass is 10.2. The number of benzene rings is 1. The van der Waals surface area contributed by atoms with Crippen LogP contribution >= 0.6 is 11.8 Å². The van der Waals surface area contributed by atoms with Gasteiger partial charge in [-0.15, -0.1) is 0 Å². The number of amides is 2. The van der Waals surface area contributed by atoms with Gasteiger partial charge in [-0.25, -0.2) is 4.39 Å². The van der Waals surface area contributed by atoms with E-state index in [1.54, 1.807) is 0 Å². The molecule has 2 atom stereocenters. The molecule has 2 amide bonds. The van der Waals surface area contributed by atoms with Gasteiger partial charge >= 0.3 is 0 Å². The Morgan fingerprint density at radius 1 is 1.42 bits per heavy atom. The minimum atomic E-state index is -0.506. The summed E-state index contributed by atoms with van der Waals surface area (Å²) in [7, 11) is 0. The second-order valence-electron chi connectivity index (χ2n) is 5.64. The summed E-state index contributed by atoms with van der Waals surface area (Å²) in [6.07, 6.45) is 2.18. The topological polar surface area (TPSA) is 79.8 Å². The zero-order valence-electron chi connectivity index (χ0n) is 13.0. The molecule has 0 bridgehead atoms. The Kier molecular flexibility index (Phi) is 5.47. The van der Waals surface area contributed by atoms with Gasteiger partial charge in [-0.1, -0.05) is 11.8 Å². The summed E-state index contributed by atoms with van der Waals surface area (Å²) in [5, 5.41) is 5.37. The standard InChI is InChI=1S/C16H18FN3O3S/c17-10-3-5-11(6-4-10)19-14(21)8-13-15(22)20-16(24-13)18-9-12-2-1-7-23-12/h3-6,12-13H,1-2,7-9H2,(H,19,21)(H,18,20,22)/t12-,13+/m1/s1. The fourth-order valence-electron chi connectivity index (χ4n) is 2.50. The Bertz CT molecular complexity index is 644. The van der Waals surface area contributed by atoms with Crippen molar-refractivity contribution in [1.82, 2.24) is 5.32 Å². The van der Waals surface area contributed by atoms with Crippen molar-refractivity contribution in [3.63, 3.8) is 0 Å². The van der Waals surface area contributed by atoms with E-state index in [1.807, 2.05) is 0 Å². The minimum absolute atomic E-state index is 0.0345. The number of aliphatic imine (C=N–C) groups is 1. The number of hydrogen-bond acceptors (Lipinski definition) is 5. The summed E-state index contributed by atoms with van der Waals surface area (Å²) < 4.78 is 18.3. The number of thioether (sulfide) groups is 1. The molecule has 0 aliphatic carbocycles. The molecule has 2 saturated heterocycles. The zero-order valence-corrected chi connectivity index (χ0v) is 13.8. The number of carbonyl (C=O) groups is 2. The number of ether oxygens (including phenoxy) is 1. The number of rotatable bonds is 5. The first-order valence-electron chi connectivity index (χ1n) is 7.79. The molecule has 1 aromatic carbocycles. The Hall–Kier alpha value is -1.93. The van der Waals surface area contributed by atoms with Crippen LogP contribution < -0.4 is 10.6 Å². The molecule has 8 heteroatoms. The summed E-state index contributed by atoms with van der Waals surface area (Å²) >= 11 is 1.26. The normalized spacial score (nSPS) is 25.0. The third kappa shape index (κ3) is 4.55. The molecule has 2 aliphatic rings. The average molecular weight is 351 g/mol. The fraction of sp³-hybridized carbons (Fsp3) is 0.438. The largest absolute Gasteiger partial charge is 0.376 e. The maximum absolute atomic E-state index is 12.8. The minimum Gasteiger partial charge on any atom is -0.376 e. The second-order valence-corrected chi connectivity index (χ2v) is 6.83. The molecular weight excluding hydrogens is 333 g/mol. The van der Waals surface area contributed by atoms with Crippen molar-refractivity contribution >= 4 is 34.4 Å². The van der Waals surface area contributed by atoms with Crippen molar-refractivity contribution in [2.24, 2.45) is 4.99 Å². The van der Waals surface area contributed by atoms with Gasteiger partial charge in [0.1, 0.15) is 11.1 Å². The van der Waals surface area contributed by atoms with Gasteiger partial charge < -0.3 is 15.4 Å². The highest BCUT2D eigenvalue weighted by Gasteiger charge is 2.32. The van der Waals surface area contributed by atoms with Gasteiger partial charge in [-0.05, 0) is 37.1 Å². The van der Waals surface area contributed by atoms with Gasteiger partial charge in [0.2, 0.25) is 11.8 Å². The van der Waals surface area contributed by atoms with Gasteiger partial charge in [-0.3, -0.25) is 14.6 Å².